The summed E-state index contributed by atoms with van der Waals surface area (Å²) in [6.45, 7) is 2.74. The molecule has 3 aromatic rings. The molecule has 8 heteroatoms. The zero-order valence-corrected chi connectivity index (χ0v) is 14.7. The third-order valence-electron chi connectivity index (χ3n) is 3.88. The molecule has 0 unspecified atom stereocenters. The fraction of sp³-hybridized carbons (Fsp3) is 0.158. The van der Waals surface area contributed by atoms with Gasteiger partial charge in [-0.25, -0.2) is 4.98 Å². The van der Waals surface area contributed by atoms with Crippen LogP contribution < -0.4 is 10.1 Å². The minimum atomic E-state index is -0.516. The SMILES string of the molecule is CCOc1cccc(CNC(=O)c2ccc(-n3ccnc3)c([N+](=O)[O-])c2)c1. The number of benzene rings is 2. The lowest BCUT2D eigenvalue weighted by Crippen LogP contribution is -2.23. The van der Waals surface area contributed by atoms with Crippen LogP contribution in [0.3, 0.4) is 0 Å². The van der Waals surface area contributed by atoms with Crippen molar-refractivity contribution in [3.8, 4) is 11.4 Å². The average Bonchev–Trinajstić information content (AvgIpc) is 3.21. The Labute approximate surface area is 155 Å². The molecule has 27 heavy (non-hydrogen) atoms. The zero-order chi connectivity index (χ0) is 19.2. The van der Waals surface area contributed by atoms with Gasteiger partial charge < -0.3 is 14.6 Å². The number of nitrogens with zero attached hydrogens (tertiary/aromatic N) is 3. The van der Waals surface area contributed by atoms with Gasteiger partial charge in [0.15, 0.2) is 0 Å². The van der Waals surface area contributed by atoms with Crippen LogP contribution in [0, 0.1) is 10.1 Å². The quantitative estimate of drug-likeness (QED) is 0.512. The zero-order valence-electron chi connectivity index (χ0n) is 14.7. The van der Waals surface area contributed by atoms with Crippen molar-refractivity contribution in [3.63, 3.8) is 0 Å². The summed E-state index contributed by atoms with van der Waals surface area (Å²) in [6.07, 6.45) is 4.60. The van der Waals surface area contributed by atoms with Crippen molar-refractivity contribution in [1.82, 2.24) is 14.9 Å². The van der Waals surface area contributed by atoms with Crippen molar-refractivity contribution in [1.29, 1.82) is 0 Å². The molecule has 1 heterocycles. The number of nitro groups is 1. The summed E-state index contributed by atoms with van der Waals surface area (Å²) in [5.74, 6) is 0.335. The molecule has 1 amide bonds. The van der Waals surface area contributed by atoms with E-state index in [4.69, 9.17) is 4.74 Å². The van der Waals surface area contributed by atoms with Crippen LogP contribution in [0.25, 0.3) is 5.69 Å². The minimum Gasteiger partial charge on any atom is -0.494 e. The number of nitrogens with one attached hydrogen (secondary N) is 1. The first kappa shape index (κ1) is 18.1. The molecule has 0 aliphatic carbocycles. The Morgan fingerprint density at radius 3 is 2.85 bits per heavy atom. The highest BCUT2D eigenvalue weighted by Gasteiger charge is 2.18. The maximum absolute atomic E-state index is 12.4. The second-order valence-corrected chi connectivity index (χ2v) is 5.69. The number of aromatic nitrogens is 2. The number of hydrogen-bond donors (Lipinski definition) is 1. The van der Waals surface area contributed by atoms with Gasteiger partial charge >= 0.3 is 0 Å². The van der Waals surface area contributed by atoms with Gasteiger partial charge in [0.25, 0.3) is 11.6 Å². The number of imidazole rings is 1. The summed E-state index contributed by atoms with van der Waals surface area (Å²) in [7, 11) is 0. The maximum atomic E-state index is 12.4. The Kier molecular flexibility index (Phi) is 5.46. The number of carbonyl (C=O) groups is 1. The summed E-state index contributed by atoms with van der Waals surface area (Å²) < 4.78 is 6.96. The predicted molar refractivity (Wildman–Crippen MR) is 99.0 cm³/mol. The lowest BCUT2D eigenvalue weighted by Gasteiger charge is -2.09. The topological polar surface area (TPSA) is 99.3 Å². The van der Waals surface area contributed by atoms with E-state index in [2.05, 4.69) is 10.3 Å². The molecule has 0 saturated carbocycles. The molecular formula is C19H18N4O4. The second kappa shape index (κ2) is 8.13. The fourth-order valence-electron chi connectivity index (χ4n) is 2.63. The molecule has 0 atom stereocenters. The van der Waals surface area contributed by atoms with Gasteiger partial charge in [0, 0.05) is 30.6 Å². The van der Waals surface area contributed by atoms with Crippen LogP contribution in [0.5, 0.6) is 5.75 Å². The van der Waals surface area contributed by atoms with E-state index in [1.165, 1.54) is 29.2 Å². The van der Waals surface area contributed by atoms with E-state index in [0.29, 0.717) is 12.3 Å². The highest BCUT2D eigenvalue weighted by atomic mass is 16.6. The normalized spacial score (nSPS) is 10.4. The van der Waals surface area contributed by atoms with E-state index in [1.54, 1.807) is 12.3 Å². The molecule has 0 fully saturated rings. The van der Waals surface area contributed by atoms with Crippen molar-refractivity contribution in [3.05, 3.63) is 82.4 Å². The number of nitro benzene ring substituents is 1. The van der Waals surface area contributed by atoms with Crippen LogP contribution in [0.1, 0.15) is 22.8 Å². The molecule has 138 valence electrons. The molecular weight excluding hydrogens is 348 g/mol. The summed E-state index contributed by atoms with van der Waals surface area (Å²) >= 11 is 0. The smallest absolute Gasteiger partial charge is 0.294 e. The maximum Gasteiger partial charge on any atom is 0.294 e. The highest BCUT2D eigenvalue weighted by Crippen LogP contribution is 2.24. The molecule has 1 N–H and O–H groups in total. The van der Waals surface area contributed by atoms with Crippen molar-refractivity contribution >= 4 is 11.6 Å². The Hall–Kier alpha value is -3.68. The molecule has 0 saturated heterocycles. The van der Waals surface area contributed by atoms with Crippen LogP contribution in [-0.2, 0) is 6.54 Å². The van der Waals surface area contributed by atoms with Crippen LogP contribution >= 0.6 is 0 Å². The summed E-state index contributed by atoms with van der Waals surface area (Å²) in [5.41, 5.74) is 1.27. The van der Waals surface area contributed by atoms with E-state index >= 15 is 0 Å². The van der Waals surface area contributed by atoms with Crippen LogP contribution in [0.15, 0.2) is 61.2 Å². The number of hydrogen-bond acceptors (Lipinski definition) is 5. The van der Waals surface area contributed by atoms with Gasteiger partial charge in [-0.1, -0.05) is 12.1 Å². The standard InChI is InChI=1S/C19H18N4O4/c1-2-27-16-5-3-4-14(10-16)12-21-19(24)15-6-7-17(18(11-15)23(25)26)22-9-8-20-13-22/h3-11,13H,2,12H2,1H3,(H,21,24). The summed E-state index contributed by atoms with van der Waals surface area (Å²) in [4.78, 5) is 27.2. The Bertz CT molecular complexity index is 954. The molecule has 0 radical (unpaired) electrons. The van der Waals surface area contributed by atoms with E-state index in [-0.39, 0.29) is 17.8 Å². The van der Waals surface area contributed by atoms with Crippen LogP contribution in [0.2, 0.25) is 0 Å². The number of carbonyl (C=O) groups excluding carboxylic acids is 1. The third kappa shape index (κ3) is 4.30. The van der Waals surface area contributed by atoms with Crippen LogP contribution in [0.4, 0.5) is 5.69 Å². The molecule has 8 nitrogen and oxygen atoms in total. The lowest BCUT2D eigenvalue weighted by molar-refractivity contribution is -0.384. The Morgan fingerprint density at radius 1 is 1.30 bits per heavy atom. The molecule has 2 aromatic carbocycles. The van der Waals surface area contributed by atoms with Crippen molar-refractivity contribution in [2.24, 2.45) is 0 Å². The van der Waals surface area contributed by atoms with Gasteiger partial charge in [0.05, 0.1) is 17.9 Å². The van der Waals surface area contributed by atoms with E-state index in [1.807, 2.05) is 31.2 Å². The molecule has 0 aliphatic rings. The molecule has 0 spiro atoms. The number of amides is 1. The van der Waals surface area contributed by atoms with Crippen molar-refractivity contribution < 1.29 is 14.5 Å². The third-order valence-corrected chi connectivity index (χ3v) is 3.88. The van der Waals surface area contributed by atoms with Gasteiger partial charge in [0.1, 0.15) is 11.4 Å². The van der Waals surface area contributed by atoms with Crippen molar-refractivity contribution in [2.45, 2.75) is 13.5 Å². The second-order valence-electron chi connectivity index (χ2n) is 5.69. The first-order valence-corrected chi connectivity index (χ1v) is 8.35. The largest absolute Gasteiger partial charge is 0.494 e. The number of rotatable bonds is 7. The van der Waals surface area contributed by atoms with Gasteiger partial charge in [0.2, 0.25) is 0 Å². The van der Waals surface area contributed by atoms with E-state index in [0.717, 1.165) is 11.3 Å². The predicted octanol–water partition coefficient (Wildman–Crippen LogP) is 3.11. The molecule has 0 bridgehead atoms. The first-order valence-electron chi connectivity index (χ1n) is 8.35. The van der Waals surface area contributed by atoms with Crippen LogP contribution in [-0.4, -0.2) is 27.0 Å². The monoisotopic (exact) mass is 366 g/mol. The first-order chi connectivity index (χ1) is 13.1. The summed E-state index contributed by atoms with van der Waals surface area (Å²) in [5, 5.41) is 14.2. The highest BCUT2D eigenvalue weighted by molar-refractivity contribution is 5.95. The lowest BCUT2D eigenvalue weighted by atomic mass is 10.1. The fourth-order valence-corrected chi connectivity index (χ4v) is 2.63. The average molecular weight is 366 g/mol. The van der Waals surface area contributed by atoms with Crippen molar-refractivity contribution in [2.75, 3.05) is 6.61 Å². The molecule has 1 aromatic heterocycles. The van der Waals surface area contributed by atoms with E-state index in [9.17, 15) is 14.9 Å². The summed E-state index contributed by atoms with van der Waals surface area (Å²) in [6, 6.07) is 11.7. The van der Waals surface area contributed by atoms with Gasteiger partial charge in [-0.2, -0.15) is 0 Å². The number of ether oxygens (including phenoxy) is 1. The molecule has 0 aliphatic heterocycles. The van der Waals surface area contributed by atoms with Gasteiger partial charge in [-0.3, -0.25) is 14.9 Å². The van der Waals surface area contributed by atoms with Gasteiger partial charge in [-0.15, -0.1) is 0 Å². The van der Waals surface area contributed by atoms with E-state index < -0.39 is 10.8 Å². The minimum absolute atomic E-state index is 0.168. The Balaban J connectivity index is 1.76. The Morgan fingerprint density at radius 2 is 2.15 bits per heavy atom. The molecule has 3 rings (SSSR count). The van der Waals surface area contributed by atoms with Gasteiger partial charge in [-0.05, 0) is 36.8 Å².